The van der Waals surface area contributed by atoms with Gasteiger partial charge in [-0.2, -0.15) is 5.26 Å². The Morgan fingerprint density at radius 1 is 1.15 bits per heavy atom. The molecule has 0 saturated carbocycles. The summed E-state index contributed by atoms with van der Waals surface area (Å²) < 4.78 is 0. The molecule has 0 aliphatic carbocycles. The normalized spacial score (nSPS) is 11.8. The zero-order chi connectivity index (χ0) is 15.4. The third kappa shape index (κ3) is 5.02. The van der Waals surface area contributed by atoms with Gasteiger partial charge in [0.1, 0.15) is 0 Å². The molecule has 0 aromatic heterocycles. The molecule has 0 bridgehead atoms. The van der Waals surface area contributed by atoms with Crippen molar-refractivity contribution in [3.05, 3.63) is 29.8 Å². The van der Waals surface area contributed by atoms with Crippen LogP contribution in [0.5, 0.6) is 0 Å². The molecule has 0 fully saturated rings. The number of nitrogens with zero attached hydrogens (tertiary/aromatic N) is 1. The Labute approximate surface area is 121 Å². The van der Waals surface area contributed by atoms with Crippen LogP contribution >= 0.6 is 0 Å². The highest BCUT2D eigenvalue weighted by atomic mass is 16.1. The molecule has 0 radical (unpaired) electrons. The molecule has 20 heavy (non-hydrogen) atoms. The van der Waals surface area contributed by atoms with Gasteiger partial charge in [0.15, 0.2) is 0 Å². The Hall–Kier alpha value is -1.86. The van der Waals surface area contributed by atoms with E-state index in [9.17, 15) is 4.79 Å². The number of nitriles is 1. The Morgan fingerprint density at radius 3 is 2.15 bits per heavy atom. The van der Waals surface area contributed by atoms with E-state index < -0.39 is 5.41 Å². The Balaban J connectivity index is 2.63. The van der Waals surface area contributed by atoms with Crippen molar-refractivity contribution < 1.29 is 4.79 Å². The van der Waals surface area contributed by atoms with Crippen LogP contribution in [0.3, 0.4) is 0 Å². The molecule has 4 heteroatoms. The van der Waals surface area contributed by atoms with Crippen molar-refractivity contribution in [3.8, 4) is 6.07 Å². The fourth-order valence-corrected chi connectivity index (χ4v) is 1.59. The molecule has 0 aliphatic heterocycles. The monoisotopic (exact) mass is 273 g/mol. The molecule has 0 atom stereocenters. The molecule has 1 aromatic rings. The van der Waals surface area contributed by atoms with Crippen LogP contribution < -0.4 is 10.6 Å². The minimum atomic E-state index is -0.518. The minimum absolute atomic E-state index is 0.0766. The van der Waals surface area contributed by atoms with Gasteiger partial charge in [-0.15, -0.1) is 0 Å². The van der Waals surface area contributed by atoms with Crippen LogP contribution in [0.15, 0.2) is 24.3 Å². The lowest BCUT2D eigenvalue weighted by molar-refractivity contribution is -0.115. The average molecular weight is 273 g/mol. The number of nitrogens with one attached hydrogen (secondary N) is 2. The van der Waals surface area contributed by atoms with Crippen molar-refractivity contribution in [3.63, 3.8) is 0 Å². The van der Waals surface area contributed by atoms with Crippen molar-refractivity contribution in [1.29, 1.82) is 5.26 Å². The Bertz CT molecular complexity index is 504. The van der Waals surface area contributed by atoms with Gasteiger partial charge in [0, 0.05) is 11.2 Å². The molecule has 0 unspecified atom stereocenters. The molecule has 1 amide bonds. The van der Waals surface area contributed by atoms with E-state index >= 15 is 0 Å². The zero-order valence-electron chi connectivity index (χ0n) is 12.9. The summed E-state index contributed by atoms with van der Waals surface area (Å²) in [7, 11) is 0. The number of hydrogen-bond donors (Lipinski definition) is 2. The highest BCUT2D eigenvalue weighted by Gasteiger charge is 2.19. The lowest BCUT2D eigenvalue weighted by Gasteiger charge is -2.20. The van der Waals surface area contributed by atoms with E-state index in [1.54, 1.807) is 0 Å². The fourth-order valence-electron chi connectivity index (χ4n) is 1.59. The van der Waals surface area contributed by atoms with Gasteiger partial charge in [0.25, 0.3) is 0 Å². The van der Waals surface area contributed by atoms with Crippen LogP contribution in [-0.4, -0.2) is 18.0 Å². The summed E-state index contributed by atoms with van der Waals surface area (Å²) in [6, 6.07) is 9.65. The van der Waals surface area contributed by atoms with Gasteiger partial charge in [0.05, 0.1) is 18.0 Å². The number of anilines is 1. The van der Waals surface area contributed by atoms with Crippen molar-refractivity contribution in [1.82, 2.24) is 5.32 Å². The first-order chi connectivity index (χ1) is 9.14. The second-order valence-electron chi connectivity index (χ2n) is 6.47. The number of carbonyl (C=O) groups excluding carboxylic acids is 1. The summed E-state index contributed by atoms with van der Waals surface area (Å²) in [5, 5.41) is 15.0. The molecular weight excluding hydrogens is 250 g/mol. The molecule has 0 saturated heterocycles. The Kier molecular flexibility index (Phi) is 4.91. The van der Waals surface area contributed by atoms with Crippen LogP contribution in [0, 0.1) is 11.3 Å². The second-order valence-corrected chi connectivity index (χ2v) is 6.47. The predicted molar refractivity (Wildman–Crippen MR) is 81.5 cm³/mol. The summed E-state index contributed by atoms with van der Waals surface area (Å²) in [6.07, 6.45) is 0. The van der Waals surface area contributed by atoms with Crippen molar-refractivity contribution in [2.45, 2.75) is 45.6 Å². The molecule has 4 nitrogen and oxygen atoms in total. The van der Waals surface area contributed by atoms with E-state index in [1.165, 1.54) is 0 Å². The Morgan fingerprint density at radius 2 is 1.70 bits per heavy atom. The number of carbonyl (C=O) groups is 1. The van der Waals surface area contributed by atoms with Crippen molar-refractivity contribution in [2.24, 2.45) is 0 Å². The van der Waals surface area contributed by atoms with Gasteiger partial charge in [-0.05, 0) is 52.3 Å². The minimum Gasteiger partial charge on any atom is -0.325 e. The van der Waals surface area contributed by atoms with Gasteiger partial charge in [-0.25, -0.2) is 0 Å². The number of amides is 1. The smallest absolute Gasteiger partial charge is 0.238 e. The van der Waals surface area contributed by atoms with Crippen LogP contribution in [0.25, 0.3) is 0 Å². The highest BCUT2D eigenvalue weighted by molar-refractivity contribution is 5.92. The fraction of sp³-hybridized carbons (Fsp3) is 0.500. The van der Waals surface area contributed by atoms with E-state index in [0.717, 1.165) is 11.3 Å². The molecule has 2 N–H and O–H groups in total. The first-order valence-electron chi connectivity index (χ1n) is 6.71. The maximum absolute atomic E-state index is 11.8. The summed E-state index contributed by atoms with van der Waals surface area (Å²) in [5.74, 6) is -0.0766. The molecule has 108 valence electrons. The quantitative estimate of drug-likeness (QED) is 0.886. The maximum Gasteiger partial charge on any atom is 0.238 e. The second kappa shape index (κ2) is 6.06. The molecule has 0 heterocycles. The van der Waals surface area contributed by atoms with Crippen LogP contribution in [0.2, 0.25) is 0 Å². The van der Waals surface area contributed by atoms with Crippen molar-refractivity contribution >= 4 is 11.6 Å². The first-order valence-corrected chi connectivity index (χ1v) is 6.71. The van der Waals surface area contributed by atoms with Gasteiger partial charge >= 0.3 is 0 Å². The number of rotatable bonds is 4. The largest absolute Gasteiger partial charge is 0.325 e. The van der Waals surface area contributed by atoms with Gasteiger partial charge in [-0.1, -0.05) is 12.1 Å². The standard InChI is InChI=1S/C16H23N3O/c1-15(2,3)18-10-14(20)19-13-8-6-12(7-9-13)16(4,5)11-17/h6-9,18H,10H2,1-5H3,(H,19,20). The third-order valence-electron chi connectivity index (χ3n) is 2.95. The number of hydrogen-bond acceptors (Lipinski definition) is 3. The topological polar surface area (TPSA) is 64.9 Å². The van der Waals surface area contributed by atoms with Crippen LogP contribution in [-0.2, 0) is 10.2 Å². The molecule has 0 spiro atoms. The first kappa shape index (κ1) is 16.2. The highest BCUT2D eigenvalue weighted by Crippen LogP contribution is 2.23. The van der Waals surface area contributed by atoms with Gasteiger partial charge in [0.2, 0.25) is 5.91 Å². The summed E-state index contributed by atoms with van der Waals surface area (Å²) in [6.45, 7) is 10.0. The molecule has 0 aliphatic rings. The average Bonchev–Trinajstić information content (AvgIpc) is 2.36. The van der Waals surface area contributed by atoms with Gasteiger partial charge < -0.3 is 10.6 Å². The van der Waals surface area contributed by atoms with Crippen LogP contribution in [0.1, 0.15) is 40.2 Å². The lowest BCUT2D eigenvalue weighted by atomic mass is 9.86. The molecule has 1 rings (SSSR count). The van der Waals surface area contributed by atoms with Crippen LogP contribution in [0.4, 0.5) is 5.69 Å². The summed E-state index contributed by atoms with van der Waals surface area (Å²) in [4.78, 5) is 11.8. The van der Waals surface area contributed by atoms with E-state index in [1.807, 2.05) is 58.9 Å². The maximum atomic E-state index is 11.8. The van der Waals surface area contributed by atoms with E-state index in [-0.39, 0.29) is 18.0 Å². The molecular formula is C16H23N3O. The third-order valence-corrected chi connectivity index (χ3v) is 2.95. The van der Waals surface area contributed by atoms with Crippen molar-refractivity contribution in [2.75, 3.05) is 11.9 Å². The summed E-state index contributed by atoms with van der Waals surface area (Å²) >= 11 is 0. The SMILES string of the molecule is CC(C)(C)NCC(=O)Nc1ccc(C(C)(C)C#N)cc1. The predicted octanol–water partition coefficient (Wildman–Crippen LogP) is 2.81. The van der Waals surface area contributed by atoms with Gasteiger partial charge in [-0.3, -0.25) is 4.79 Å². The van der Waals surface area contributed by atoms with E-state index in [4.69, 9.17) is 5.26 Å². The number of benzene rings is 1. The van der Waals surface area contributed by atoms with E-state index in [2.05, 4.69) is 16.7 Å². The zero-order valence-corrected chi connectivity index (χ0v) is 12.9. The lowest BCUT2D eigenvalue weighted by Crippen LogP contribution is -2.41. The molecule has 1 aromatic carbocycles. The van der Waals surface area contributed by atoms with E-state index in [0.29, 0.717) is 0 Å². The summed E-state index contributed by atoms with van der Waals surface area (Å²) in [5.41, 5.74) is 1.07.